The first-order valence-electron chi connectivity index (χ1n) is 10.6. The van der Waals surface area contributed by atoms with E-state index >= 15 is 0 Å². The van der Waals surface area contributed by atoms with Crippen molar-refractivity contribution in [3.05, 3.63) is 52.3 Å². The highest BCUT2D eigenvalue weighted by atomic mass is 16.2. The minimum atomic E-state index is -0.909. The summed E-state index contributed by atoms with van der Waals surface area (Å²) in [5, 5.41) is 5.49. The predicted molar refractivity (Wildman–Crippen MR) is 121 cm³/mol. The van der Waals surface area contributed by atoms with E-state index in [0.717, 1.165) is 36.9 Å². The molecule has 0 spiro atoms. The summed E-state index contributed by atoms with van der Waals surface area (Å²) in [5.74, 6) is -1.04. The number of hydrogen-bond donors (Lipinski definition) is 3. The van der Waals surface area contributed by atoms with Gasteiger partial charge in [0.25, 0.3) is 5.56 Å². The van der Waals surface area contributed by atoms with Crippen LogP contribution in [0.1, 0.15) is 56.6 Å². The molecule has 2 unspecified atom stereocenters. The first-order chi connectivity index (χ1) is 14.8. The highest BCUT2D eigenvalue weighted by Gasteiger charge is 2.35. The summed E-state index contributed by atoms with van der Waals surface area (Å²) < 4.78 is 0. The first-order valence-corrected chi connectivity index (χ1v) is 10.6. The summed E-state index contributed by atoms with van der Waals surface area (Å²) in [6, 6.07) is 7.51. The van der Waals surface area contributed by atoms with E-state index in [1.807, 2.05) is 24.0 Å². The molecule has 31 heavy (non-hydrogen) atoms. The third-order valence-electron chi connectivity index (χ3n) is 5.98. The molecule has 2 aromatic rings. The van der Waals surface area contributed by atoms with E-state index in [2.05, 4.69) is 34.1 Å². The van der Waals surface area contributed by atoms with Gasteiger partial charge in [0, 0.05) is 24.7 Å². The number of fused-ring (bicyclic) bond motifs is 1. The largest absolute Gasteiger partial charge is 0.340 e. The Morgan fingerprint density at radius 3 is 2.65 bits per heavy atom. The average Bonchev–Trinajstić information content (AvgIpc) is 2.73. The molecule has 8 heteroatoms. The lowest BCUT2D eigenvalue weighted by Gasteiger charge is -2.34. The summed E-state index contributed by atoms with van der Waals surface area (Å²) >= 11 is 0. The van der Waals surface area contributed by atoms with Gasteiger partial charge in [0.2, 0.25) is 17.8 Å². The van der Waals surface area contributed by atoms with Crippen molar-refractivity contribution < 1.29 is 9.59 Å². The van der Waals surface area contributed by atoms with E-state index in [0.29, 0.717) is 11.6 Å². The van der Waals surface area contributed by atoms with Gasteiger partial charge in [0.1, 0.15) is 5.82 Å². The van der Waals surface area contributed by atoms with Crippen molar-refractivity contribution >= 4 is 34.8 Å². The van der Waals surface area contributed by atoms with Gasteiger partial charge in [-0.05, 0) is 50.8 Å². The van der Waals surface area contributed by atoms with Crippen LogP contribution in [-0.4, -0.2) is 34.4 Å². The van der Waals surface area contributed by atoms with Crippen LogP contribution in [0.2, 0.25) is 0 Å². The van der Waals surface area contributed by atoms with E-state index in [1.165, 1.54) is 0 Å². The molecular weight excluding hydrogens is 394 g/mol. The maximum absolute atomic E-state index is 13.0. The van der Waals surface area contributed by atoms with Crippen LogP contribution in [0.3, 0.4) is 0 Å². The van der Waals surface area contributed by atoms with E-state index in [-0.39, 0.29) is 29.8 Å². The van der Waals surface area contributed by atoms with Gasteiger partial charge in [-0.15, -0.1) is 0 Å². The molecule has 0 bridgehead atoms. The fraction of sp³-hybridized carbons (Fsp3) is 0.391. The van der Waals surface area contributed by atoms with Crippen LogP contribution in [0.15, 0.2) is 35.6 Å². The molecule has 1 saturated heterocycles. The average molecular weight is 422 g/mol. The number of H-pyrrole nitrogens is 1. The van der Waals surface area contributed by atoms with E-state index in [4.69, 9.17) is 0 Å². The summed E-state index contributed by atoms with van der Waals surface area (Å²) in [6.07, 6.45) is 3.07. The Labute approximate surface area is 180 Å². The number of carbonyl (C=O) groups excluding carboxylic acids is 2. The van der Waals surface area contributed by atoms with Gasteiger partial charge in [0.15, 0.2) is 0 Å². The van der Waals surface area contributed by atoms with Crippen LogP contribution in [-0.2, 0) is 9.59 Å². The number of carbonyl (C=O) groups is 2. The van der Waals surface area contributed by atoms with Crippen LogP contribution < -0.4 is 21.1 Å². The topological polar surface area (TPSA) is 107 Å². The van der Waals surface area contributed by atoms with Crippen molar-refractivity contribution in [3.63, 3.8) is 0 Å². The molecule has 3 N–H and O–H groups in total. The monoisotopic (exact) mass is 421 g/mol. The van der Waals surface area contributed by atoms with Gasteiger partial charge in [-0.25, -0.2) is 0 Å². The first kappa shape index (κ1) is 20.8. The number of nitrogens with one attached hydrogen (secondary N) is 3. The highest BCUT2D eigenvalue weighted by Crippen LogP contribution is 2.31. The van der Waals surface area contributed by atoms with Gasteiger partial charge in [-0.1, -0.05) is 24.3 Å². The third-order valence-corrected chi connectivity index (χ3v) is 5.98. The molecule has 0 saturated carbocycles. The Hall–Kier alpha value is -3.42. The number of benzene rings is 1. The van der Waals surface area contributed by atoms with Crippen LogP contribution in [0, 0.1) is 0 Å². The Morgan fingerprint density at radius 2 is 1.97 bits per heavy atom. The molecule has 1 aromatic carbocycles. The summed E-state index contributed by atoms with van der Waals surface area (Å²) in [5.41, 5.74) is 2.29. The zero-order valence-electron chi connectivity index (χ0n) is 17.8. The lowest BCUT2D eigenvalue weighted by molar-refractivity contribution is -0.123. The van der Waals surface area contributed by atoms with Crippen molar-refractivity contribution in [1.29, 1.82) is 0 Å². The SMILES string of the molecule is C=C(C)c1ccc(NC(=O)C2CC(=O)Nc3nc(N4CCCCC4C)[nH]c(=O)c32)cc1. The number of aromatic amines is 1. The lowest BCUT2D eigenvalue weighted by atomic mass is 9.92. The molecule has 0 radical (unpaired) electrons. The predicted octanol–water partition coefficient (Wildman–Crippen LogP) is 3.25. The number of hydrogen-bond acceptors (Lipinski definition) is 5. The van der Waals surface area contributed by atoms with Crippen molar-refractivity contribution in [2.24, 2.45) is 0 Å². The van der Waals surface area contributed by atoms with Gasteiger partial charge in [-0.3, -0.25) is 19.4 Å². The van der Waals surface area contributed by atoms with Crippen molar-refractivity contribution in [2.45, 2.75) is 51.5 Å². The van der Waals surface area contributed by atoms with E-state index in [9.17, 15) is 14.4 Å². The van der Waals surface area contributed by atoms with Crippen molar-refractivity contribution in [2.75, 3.05) is 22.1 Å². The summed E-state index contributed by atoms with van der Waals surface area (Å²) in [6.45, 7) is 8.69. The quantitative estimate of drug-likeness (QED) is 0.703. The number of anilines is 3. The molecule has 1 fully saturated rings. The van der Waals surface area contributed by atoms with Gasteiger partial charge in [-0.2, -0.15) is 4.98 Å². The molecule has 2 amide bonds. The van der Waals surface area contributed by atoms with Gasteiger partial charge < -0.3 is 15.5 Å². The Kier molecular flexibility index (Phi) is 5.63. The molecule has 3 heterocycles. The minimum Gasteiger partial charge on any atom is -0.340 e. The maximum Gasteiger partial charge on any atom is 0.258 e. The zero-order chi connectivity index (χ0) is 22.1. The Morgan fingerprint density at radius 1 is 1.23 bits per heavy atom. The Bertz CT molecular complexity index is 1090. The second-order valence-corrected chi connectivity index (χ2v) is 8.34. The molecule has 2 aliphatic heterocycles. The number of rotatable bonds is 4. The molecule has 8 nitrogen and oxygen atoms in total. The molecule has 4 rings (SSSR count). The number of amides is 2. The molecule has 162 valence electrons. The summed E-state index contributed by atoms with van der Waals surface area (Å²) in [7, 11) is 0. The third kappa shape index (κ3) is 4.23. The fourth-order valence-corrected chi connectivity index (χ4v) is 4.20. The Balaban J connectivity index is 1.62. The molecular formula is C23H27N5O3. The fourth-order valence-electron chi connectivity index (χ4n) is 4.20. The molecule has 2 aliphatic rings. The van der Waals surface area contributed by atoms with E-state index < -0.39 is 17.4 Å². The van der Waals surface area contributed by atoms with E-state index in [1.54, 1.807) is 12.1 Å². The van der Waals surface area contributed by atoms with Crippen LogP contribution in [0.5, 0.6) is 0 Å². The second kappa shape index (κ2) is 8.37. The van der Waals surface area contributed by atoms with Crippen LogP contribution in [0.4, 0.5) is 17.5 Å². The lowest BCUT2D eigenvalue weighted by Crippen LogP contribution is -2.41. The van der Waals surface area contributed by atoms with Crippen LogP contribution in [0.25, 0.3) is 5.57 Å². The smallest absolute Gasteiger partial charge is 0.258 e. The summed E-state index contributed by atoms with van der Waals surface area (Å²) in [4.78, 5) is 47.7. The zero-order valence-corrected chi connectivity index (χ0v) is 17.8. The van der Waals surface area contributed by atoms with Gasteiger partial charge >= 0.3 is 0 Å². The van der Waals surface area contributed by atoms with Crippen molar-refractivity contribution in [3.8, 4) is 0 Å². The minimum absolute atomic E-state index is 0.104. The second-order valence-electron chi connectivity index (χ2n) is 8.34. The molecule has 2 atom stereocenters. The molecule has 0 aliphatic carbocycles. The normalized spacial score (nSPS) is 20.6. The highest BCUT2D eigenvalue weighted by molar-refractivity contribution is 6.04. The molecule has 1 aromatic heterocycles. The standard InChI is InChI=1S/C23H27N5O3/c1-13(2)15-7-9-16(10-8-15)24-21(30)17-12-18(29)25-20-19(17)22(31)27-23(26-20)28-11-5-4-6-14(28)3/h7-10,14,17H,1,4-6,11-12H2,2-3H3,(H,24,30)(H2,25,26,27,29,31). The van der Waals surface area contributed by atoms with Crippen LogP contribution >= 0.6 is 0 Å². The number of allylic oxidation sites excluding steroid dienone is 1. The number of nitrogens with zero attached hydrogens (tertiary/aromatic N) is 2. The van der Waals surface area contributed by atoms with Crippen molar-refractivity contribution in [1.82, 2.24) is 9.97 Å². The number of aromatic nitrogens is 2. The number of piperidine rings is 1. The van der Waals surface area contributed by atoms with Gasteiger partial charge in [0.05, 0.1) is 11.5 Å². The maximum atomic E-state index is 13.0.